The van der Waals surface area contributed by atoms with Crippen molar-refractivity contribution in [1.29, 1.82) is 0 Å². The number of allylic oxidation sites excluding steroid dienone is 1. The van der Waals surface area contributed by atoms with E-state index in [4.69, 9.17) is 9.47 Å². The van der Waals surface area contributed by atoms with E-state index >= 15 is 0 Å². The van der Waals surface area contributed by atoms with Crippen LogP contribution in [0, 0.1) is 17.6 Å². The van der Waals surface area contributed by atoms with Crippen LogP contribution < -0.4 is 9.47 Å². The molecule has 3 atom stereocenters. The van der Waals surface area contributed by atoms with Crippen molar-refractivity contribution in [3.8, 4) is 17.2 Å². The highest BCUT2D eigenvalue weighted by atomic mass is 19.1. The number of ether oxygens (including phenoxy) is 2. The molecule has 2 aliphatic rings. The normalized spacial score (nSPS) is 20.5. The number of aromatic hydroxyl groups is 1. The first-order valence-corrected chi connectivity index (χ1v) is 13.0. The van der Waals surface area contributed by atoms with Crippen molar-refractivity contribution >= 4 is 11.1 Å². The highest BCUT2D eigenvalue weighted by molar-refractivity contribution is 5.95. The summed E-state index contributed by atoms with van der Waals surface area (Å²) in [6.07, 6.45) is 1.86. The third-order valence-electron chi connectivity index (χ3n) is 7.69. The van der Waals surface area contributed by atoms with Gasteiger partial charge in [0.05, 0.1) is 0 Å². The SMILES string of the molecule is CC[C@@H]1CCN([C@@H](C)COc2ccc(C3Oc4ccc(O)cc4C(C)=C3c3ccc(F)cc3F)cc2)C1. The smallest absolute Gasteiger partial charge is 0.150 e. The Labute approximate surface area is 217 Å². The van der Waals surface area contributed by atoms with Crippen LogP contribution in [0.1, 0.15) is 56.4 Å². The second-order valence-corrected chi connectivity index (χ2v) is 10.1. The van der Waals surface area contributed by atoms with Gasteiger partial charge in [0.2, 0.25) is 0 Å². The van der Waals surface area contributed by atoms with E-state index in [0.717, 1.165) is 42.0 Å². The molecule has 2 aliphatic heterocycles. The number of phenols is 1. The van der Waals surface area contributed by atoms with Crippen molar-refractivity contribution in [3.05, 3.63) is 89.0 Å². The van der Waals surface area contributed by atoms with Gasteiger partial charge in [-0.1, -0.05) is 25.5 Å². The summed E-state index contributed by atoms with van der Waals surface area (Å²) in [6, 6.07) is 16.4. The zero-order valence-corrected chi connectivity index (χ0v) is 21.5. The Balaban J connectivity index is 1.40. The summed E-state index contributed by atoms with van der Waals surface area (Å²) in [7, 11) is 0. The van der Waals surface area contributed by atoms with E-state index in [1.54, 1.807) is 18.2 Å². The van der Waals surface area contributed by atoms with Crippen LogP contribution >= 0.6 is 0 Å². The molecule has 4 nitrogen and oxygen atoms in total. The molecule has 5 rings (SSSR count). The molecule has 6 heteroatoms. The van der Waals surface area contributed by atoms with E-state index in [9.17, 15) is 13.9 Å². The fourth-order valence-electron chi connectivity index (χ4n) is 5.38. The van der Waals surface area contributed by atoms with Gasteiger partial charge in [0.1, 0.15) is 41.6 Å². The molecule has 1 unspecified atom stereocenters. The van der Waals surface area contributed by atoms with Gasteiger partial charge in [0.15, 0.2) is 0 Å². The molecule has 3 aromatic rings. The lowest BCUT2D eigenvalue weighted by Gasteiger charge is -2.31. The maximum absolute atomic E-state index is 15.0. The molecular weight excluding hydrogens is 472 g/mol. The van der Waals surface area contributed by atoms with E-state index in [0.29, 0.717) is 29.5 Å². The summed E-state index contributed by atoms with van der Waals surface area (Å²) < 4.78 is 41.1. The number of halogens is 2. The van der Waals surface area contributed by atoms with E-state index in [1.165, 1.54) is 25.0 Å². The highest BCUT2D eigenvalue weighted by Crippen LogP contribution is 2.48. The monoisotopic (exact) mass is 505 g/mol. The zero-order chi connectivity index (χ0) is 26.1. The van der Waals surface area contributed by atoms with E-state index in [1.807, 2.05) is 31.2 Å². The Morgan fingerprint density at radius 1 is 1.05 bits per heavy atom. The maximum Gasteiger partial charge on any atom is 0.150 e. The molecule has 1 N–H and O–H groups in total. The molecular formula is C31H33F2NO3. The minimum Gasteiger partial charge on any atom is -0.508 e. The quantitative estimate of drug-likeness (QED) is 0.368. The minimum absolute atomic E-state index is 0.0916. The lowest BCUT2D eigenvalue weighted by atomic mass is 9.86. The van der Waals surface area contributed by atoms with Crippen LogP contribution in [-0.2, 0) is 0 Å². The molecule has 0 amide bonds. The first-order valence-electron chi connectivity index (χ1n) is 13.0. The second-order valence-electron chi connectivity index (χ2n) is 10.1. The fraction of sp³-hybridized carbons (Fsp3) is 0.355. The van der Waals surface area contributed by atoms with Crippen LogP contribution in [0.25, 0.3) is 11.1 Å². The molecule has 0 aliphatic carbocycles. The van der Waals surface area contributed by atoms with Crippen LogP contribution in [0.5, 0.6) is 17.2 Å². The molecule has 0 spiro atoms. The highest BCUT2D eigenvalue weighted by Gasteiger charge is 2.31. The van der Waals surface area contributed by atoms with Gasteiger partial charge in [-0.2, -0.15) is 0 Å². The molecule has 2 heterocycles. The van der Waals surface area contributed by atoms with Crippen LogP contribution in [0.3, 0.4) is 0 Å². The first-order chi connectivity index (χ1) is 17.8. The van der Waals surface area contributed by atoms with Gasteiger partial charge in [0, 0.05) is 35.4 Å². The van der Waals surface area contributed by atoms with Gasteiger partial charge in [-0.25, -0.2) is 8.78 Å². The van der Waals surface area contributed by atoms with Crippen LogP contribution in [0.15, 0.2) is 60.7 Å². The Morgan fingerprint density at radius 2 is 1.84 bits per heavy atom. The van der Waals surface area contributed by atoms with Crippen molar-refractivity contribution in [1.82, 2.24) is 4.90 Å². The van der Waals surface area contributed by atoms with Gasteiger partial charge in [-0.15, -0.1) is 0 Å². The molecule has 0 saturated carbocycles. The average molecular weight is 506 g/mol. The Bertz CT molecular complexity index is 1300. The molecule has 194 valence electrons. The van der Waals surface area contributed by atoms with Crippen molar-refractivity contribution in [2.24, 2.45) is 5.92 Å². The number of phenolic OH excluding ortho intramolecular Hbond substituents is 1. The predicted octanol–water partition coefficient (Wildman–Crippen LogP) is 7.23. The van der Waals surface area contributed by atoms with Gasteiger partial charge in [-0.3, -0.25) is 4.90 Å². The topological polar surface area (TPSA) is 41.9 Å². The molecule has 0 aromatic heterocycles. The van der Waals surface area contributed by atoms with Crippen LogP contribution in [-0.4, -0.2) is 35.7 Å². The van der Waals surface area contributed by atoms with Gasteiger partial charge in [-0.05, 0) is 86.3 Å². The number of fused-ring (bicyclic) bond motifs is 1. The third-order valence-corrected chi connectivity index (χ3v) is 7.69. The summed E-state index contributed by atoms with van der Waals surface area (Å²) in [5.74, 6) is 0.931. The molecule has 0 radical (unpaired) electrons. The lowest BCUT2D eigenvalue weighted by molar-refractivity contribution is 0.168. The Kier molecular flexibility index (Phi) is 7.20. The van der Waals surface area contributed by atoms with Crippen molar-refractivity contribution < 1.29 is 23.4 Å². The number of rotatable bonds is 7. The van der Waals surface area contributed by atoms with Crippen molar-refractivity contribution in [2.75, 3.05) is 19.7 Å². The standard InChI is InChI=1S/C31H33F2NO3/c1-4-21-13-14-34(17-21)19(2)18-36-25-9-5-22(6-10-25)31-30(26-11-7-23(32)15-28(26)33)20(3)27-16-24(35)8-12-29(27)37-31/h5-12,15-16,19,21,31,35H,4,13-14,17-18H2,1-3H3/t19-,21+,31?/m0/s1. The average Bonchev–Trinajstić information content (AvgIpc) is 3.38. The van der Waals surface area contributed by atoms with Crippen molar-refractivity contribution in [3.63, 3.8) is 0 Å². The first kappa shape index (κ1) is 25.3. The van der Waals surface area contributed by atoms with Crippen LogP contribution in [0.4, 0.5) is 8.78 Å². The molecule has 1 saturated heterocycles. The number of benzene rings is 3. The molecule has 0 bridgehead atoms. The maximum atomic E-state index is 15.0. The summed E-state index contributed by atoms with van der Waals surface area (Å²) in [6.45, 7) is 9.18. The fourth-order valence-corrected chi connectivity index (χ4v) is 5.38. The van der Waals surface area contributed by atoms with Crippen molar-refractivity contribution in [2.45, 2.75) is 45.8 Å². The Hall–Kier alpha value is -3.38. The summed E-state index contributed by atoms with van der Waals surface area (Å²) >= 11 is 0. The van der Waals surface area contributed by atoms with E-state index in [2.05, 4.69) is 18.7 Å². The van der Waals surface area contributed by atoms with Crippen LogP contribution in [0.2, 0.25) is 0 Å². The molecule has 3 aromatic carbocycles. The predicted molar refractivity (Wildman–Crippen MR) is 142 cm³/mol. The number of nitrogens with zero attached hydrogens (tertiary/aromatic N) is 1. The third kappa shape index (κ3) is 5.21. The van der Waals surface area contributed by atoms with E-state index in [-0.39, 0.29) is 11.3 Å². The molecule has 37 heavy (non-hydrogen) atoms. The molecule has 1 fully saturated rings. The minimum atomic E-state index is -0.660. The van der Waals surface area contributed by atoms with Gasteiger partial charge < -0.3 is 14.6 Å². The number of likely N-dealkylation sites (tertiary alicyclic amines) is 1. The zero-order valence-electron chi connectivity index (χ0n) is 21.5. The summed E-state index contributed by atoms with van der Waals surface area (Å²) in [5, 5.41) is 10.0. The van der Waals surface area contributed by atoms with E-state index < -0.39 is 17.7 Å². The number of hydrogen-bond donors (Lipinski definition) is 1. The Morgan fingerprint density at radius 3 is 2.54 bits per heavy atom. The number of hydrogen-bond acceptors (Lipinski definition) is 4. The second kappa shape index (κ2) is 10.5. The van der Waals surface area contributed by atoms with Gasteiger partial charge in [0.25, 0.3) is 0 Å². The van der Waals surface area contributed by atoms with Gasteiger partial charge >= 0.3 is 0 Å². The summed E-state index contributed by atoms with van der Waals surface area (Å²) in [5.41, 5.74) is 3.12. The summed E-state index contributed by atoms with van der Waals surface area (Å²) in [4.78, 5) is 2.49. The largest absolute Gasteiger partial charge is 0.508 e. The lowest BCUT2D eigenvalue weighted by Crippen LogP contribution is -2.35.